The highest BCUT2D eigenvalue weighted by molar-refractivity contribution is 5.72. The Bertz CT molecular complexity index is 313. The van der Waals surface area contributed by atoms with Gasteiger partial charge in [-0.2, -0.15) is 13.2 Å². The zero-order valence-electron chi connectivity index (χ0n) is 12.8. The Labute approximate surface area is 124 Å². The number of carbonyl (C=O) groups is 1. The summed E-state index contributed by atoms with van der Waals surface area (Å²) in [6.07, 6.45) is -0.725. The molecule has 1 unspecified atom stereocenters. The molecule has 0 aromatic carbocycles. The Kier molecular flexibility index (Phi) is 7.49. The standard InChI is InChI=1S/C15H26F3NO2/c1-3-21-14(20)12-6-8-13(9-7-12)19-11(2)5-4-10-15(16,17)18/h11-13,19H,3-10H2,1-2H3. The van der Waals surface area contributed by atoms with Crippen molar-refractivity contribution in [3.8, 4) is 0 Å². The molecule has 0 aromatic rings. The van der Waals surface area contributed by atoms with Crippen molar-refractivity contribution < 1.29 is 22.7 Å². The third-order valence-corrected chi connectivity index (χ3v) is 3.96. The molecule has 1 atom stereocenters. The minimum absolute atomic E-state index is 0.0106. The monoisotopic (exact) mass is 309 g/mol. The van der Waals surface area contributed by atoms with Crippen LogP contribution in [-0.4, -0.2) is 30.8 Å². The average Bonchev–Trinajstić information content (AvgIpc) is 2.38. The normalized spacial score (nSPS) is 24.6. The first-order chi connectivity index (χ1) is 9.81. The van der Waals surface area contributed by atoms with E-state index in [9.17, 15) is 18.0 Å². The Balaban J connectivity index is 2.18. The molecular formula is C15H26F3NO2. The lowest BCUT2D eigenvalue weighted by molar-refractivity contribution is -0.149. The fourth-order valence-corrected chi connectivity index (χ4v) is 2.85. The number of hydrogen-bond donors (Lipinski definition) is 1. The van der Waals surface area contributed by atoms with Crippen LogP contribution in [0, 0.1) is 5.92 Å². The van der Waals surface area contributed by atoms with E-state index in [1.54, 1.807) is 6.92 Å². The molecule has 0 aliphatic heterocycles. The van der Waals surface area contributed by atoms with Crippen LogP contribution in [-0.2, 0) is 9.53 Å². The molecule has 3 nitrogen and oxygen atoms in total. The molecule has 0 heterocycles. The van der Waals surface area contributed by atoms with Crippen LogP contribution in [0.4, 0.5) is 13.2 Å². The van der Waals surface area contributed by atoms with Crippen molar-refractivity contribution in [3.05, 3.63) is 0 Å². The number of nitrogens with one attached hydrogen (secondary N) is 1. The predicted molar refractivity (Wildman–Crippen MR) is 74.9 cm³/mol. The lowest BCUT2D eigenvalue weighted by atomic mass is 9.85. The highest BCUT2D eigenvalue weighted by atomic mass is 19.4. The number of alkyl halides is 3. The first kappa shape index (κ1) is 18.3. The Morgan fingerprint density at radius 1 is 1.29 bits per heavy atom. The van der Waals surface area contributed by atoms with Crippen molar-refractivity contribution >= 4 is 5.97 Å². The third kappa shape index (κ3) is 7.69. The van der Waals surface area contributed by atoms with Gasteiger partial charge in [-0.15, -0.1) is 0 Å². The molecule has 0 spiro atoms. The Morgan fingerprint density at radius 3 is 2.43 bits per heavy atom. The second-order valence-electron chi connectivity index (χ2n) is 5.88. The number of halogens is 3. The van der Waals surface area contributed by atoms with Crippen molar-refractivity contribution in [3.63, 3.8) is 0 Å². The average molecular weight is 309 g/mol. The fourth-order valence-electron chi connectivity index (χ4n) is 2.85. The summed E-state index contributed by atoms with van der Waals surface area (Å²) in [4.78, 5) is 11.6. The second kappa shape index (κ2) is 8.61. The van der Waals surface area contributed by atoms with Crippen LogP contribution in [0.3, 0.4) is 0 Å². The number of ether oxygens (including phenoxy) is 1. The van der Waals surface area contributed by atoms with Crippen LogP contribution in [0.5, 0.6) is 0 Å². The largest absolute Gasteiger partial charge is 0.466 e. The molecule has 0 amide bonds. The van der Waals surface area contributed by atoms with E-state index in [0.717, 1.165) is 25.7 Å². The van der Waals surface area contributed by atoms with Crippen LogP contribution in [0.2, 0.25) is 0 Å². The van der Waals surface area contributed by atoms with Crippen LogP contribution >= 0.6 is 0 Å². The maximum absolute atomic E-state index is 12.1. The van der Waals surface area contributed by atoms with Gasteiger partial charge in [0.2, 0.25) is 0 Å². The van der Waals surface area contributed by atoms with Crippen LogP contribution in [0.1, 0.15) is 58.8 Å². The van der Waals surface area contributed by atoms with Gasteiger partial charge in [0.15, 0.2) is 0 Å². The van der Waals surface area contributed by atoms with Gasteiger partial charge >= 0.3 is 12.1 Å². The highest BCUT2D eigenvalue weighted by Crippen LogP contribution is 2.26. The van der Waals surface area contributed by atoms with E-state index in [2.05, 4.69) is 5.32 Å². The van der Waals surface area contributed by atoms with Crippen molar-refractivity contribution in [2.24, 2.45) is 5.92 Å². The third-order valence-electron chi connectivity index (χ3n) is 3.96. The van der Waals surface area contributed by atoms with Crippen molar-refractivity contribution in [1.82, 2.24) is 5.32 Å². The van der Waals surface area contributed by atoms with Crippen LogP contribution < -0.4 is 5.32 Å². The summed E-state index contributed by atoms with van der Waals surface area (Å²) in [5.41, 5.74) is 0. The maximum Gasteiger partial charge on any atom is 0.389 e. The van der Waals surface area contributed by atoms with Gasteiger partial charge in [0.25, 0.3) is 0 Å². The molecule has 0 aromatic heterocycles. The number of carbonyl (C=O) groups excluding carboxylic acids is 1. The molecule has 1 fully saturated rings. The van der Waals surface area contributed by atoms with Gasteiger partial charge in [0.05, 0.1) is 12.5 Å². The summed E-state index contributed by atoms with van der Waals surface area (Å²) in [6.45, 7) is 4.13. The van der Waals surface area contributed by atoms with Gasteiger partial charge in [-0.25, -0.2) is 0 Å². The molecule has 0 radical (unpaired) electrons. The van der Waals surface area contributed by atoms with E-state index in [0.29, 0.717) is 19.1 Å². The summed E-state index contributed by atoms with van der Waals surface area (Å²) in [5, 5.41) is 3.38. The van der Waals surface area contributed by atoms with E-state index in [1.807, 2.05) is 6.92 Å². The first-order valence-corrected chi connectivity index (χ1v) is 7.81. The van der Waals surface area contributed by atoms with E-state index < -0.39 is 12.6 Å². The minimum Gasteiger partial charge on any atom is -0.466 e. The van der Waals surface area contributed by atoms with E-state index >= 15 is 0 Å². The molecule has 124 valence electrons. The van der Waals surface area contributed by atoms with E-state index in [-0.39, 0.29) is 24.3 Å². The SMILES string of the molecule is CCOC(=O)C1CCC(NC(C)CCCC(F)(F)F)CC1. The summed E-state index contributed by atoms with van der Waals surface area (Å²) < 4.78 is 41.3. The van der Waals surface area contributed by atoms with Crippen molar-refractivity contribution in [2.45, 2.75) is 77.1 Å². The number of esters is 1. The summed E-state index contributed by atoms with van der Waals surface area (Å²) in [6, 6.07) is 0.382. The fraction of sp³-hybridized carbons (Fsp3) is 0.933. The minimum atomic E-state index is -4.06. The van der Waals surface area contributed by atoms with E-state index in [4.69, 9.17) is 4.74 Å². The van der Waals surface area contributed by atoms with Crippen LogP contribution in [0.15, 0.2) is 0 Å². The molecule has 1 N–H and O–H groups in total. The first-order valence-electron chi connectivity index (χ1n) is 7.81. The highest BCUT2D eigenvalue weighted by Gasteiger charge is 2.29. The number of hydrogen-bond acceptors (Lipinski definition) is 3. The predicted octanol–water partition coefficient (Wildman–Crippen LogP) is 3.82. The van der Waals surface area contributed by atoms with Gasteiger partial charge in [0.1, 0.15) is 0 Å². The van der Waals surface area contributed by atoms with Gasteiger partial charge in [-0.1, -0.05) is 0 Å². The molecule has 1 aliphatic carbocycles. The molecule has 21 heavy (non-hydrogen) atoms. The maximum atomic E-state index is 12.1. The quantitative estimate of drug-likeness (QED) is 0.727. The van der Waals surface area contributed by atoms with Gasteiger partial charge in [0, 0.05) is 18.5 Å². The van der Waals surface area contributed by atoms with Gasteiger partial charge < -0.3 is 10.1 Å². The molecule has 1 rings (SSSR count). The topological polar surface area (TPSA) is 38.3 Å². The van der Waals surface area contributed by atoms with E-state index in [1.165, 1.54) is 0 Å². The molecular weight excluding hydrogens is 283 g/mol. The molecule has 6 heteroatoms. The smallest absolute Gasteiger partial charge is 0.389 e. The zero-order chi connectivity index (χ0) is 15.9. The summed E-state index contributed by atoms with van der Waals surface area (Å²) >= 11 is 0. The van der Waals surface area contributed by atoms with Crippen molar-refractivity contribution in [1.29, 1.82) is 0 Å². The van der Waals surface area contributed by atoms with Gasteiger partial charge in [-0.3, -0.25) is 4.79 Å². The summed E-state index contributed by atoms with van der Waals surface area (Å²) in [7, 11) is 0. The van der Waals surface area contributed by atoms with Crippen molar-refractivity contribution in [2.75, 3.05) is 6.61 Å². The Morgan fingerprint density at radius 2 is 1.90 bits per heavy atom. The lowest BCUT2D eigenvalue weighted by Gasteiger charge is -2.30. The molecule has 0 saturated heterocycles. The summed E-state index contributed by atoms with van der Waals surface area (Å²) in [5.74, 6) is -0.127. The molecule has 1 saturated carbocycles. The molecule has 0 bridgehead atoms. The lowest BCUT2D eigenvalue weighted by Crippen LogP contribution is -2.40. The van der Waals surface area contributed by atoms with Gasteiger partial charge in [-0.05, 0) is 52.4 Å². The molecule has 1 aliphatic rings. The second-order valence-corrected chi connectivity index (χ2v) is 5.88. The van der Waals surface area contributed by atoms with Crippen LogP contribution in [0.25, 0.3) is 0 Å². The Hall–Kier alpha value is -0.780. The zero-order valence-corrected chi connectivity index (χ0v) is 12.8. The number of rotatable bonds is 7.